The van der Waals surface area contributed by atoms with Crippen molar-refractivity contribution in [2.45, 2.75) is 25.4 Å². The topological polar surface area (TPSA) is 84.0 Å². The fraction of sp³-hybridized carbons (Fsp3) is 0.529. The van der Waals surface area contributed by atoms with Crippen molar-refractivity contribution in [2.75, 3.05) is 20.2 Å². The molecule has 0 aromatic carbocycles. The van der Waals surface area contributed by atoms with Crippen LogP contribution in [0.4, 0.5) is 0 Å². The van der Waals surface area contributed by atoms with Gasteiger partial charge in [0.2, 0.25) is 0 Å². The van der Waals surface area contributed by atoms with Gasteiger partial charge in [0.1, 0.15) is 6.61 Å². The lowest BCUT2D eigenvalue weighted by atomic mass is 9.91. The second-order valence-corrected chi connectivity index (χ2v) is 6.63. The van der Waals surface area contributed by atoms with Gasteiger partial charge in [0.15, 0.2) is 11.6 Å². The minimum absolute atomic E-state index is 0.0678. The molecular weight excluding hydrogens is 306 g/mol. The monoisotopic (exact) mass is 327 g/mol. The summed E-state index contributed by atoms with van der Waals surface area (Å²) in [5.74, 6) is 2.95. The van der Waals surface area contributed by atoms with E-state index in [0.717, 1.165) is 18.2 Å². The second-order valence-electron chi connectivity index (χ2n) is 6.63. The molecule has 1 amide bonds. The zero-order valence-electron chi connectivity index (χ0n) is 13.7. The smallest absolute Gasteiger partial charge is 0.253 e. The Morgan fingerprint density at radius 1 is 1.33 bits per heavy atom. The van der Waals surface area contributed by atoms with Crippen LogP contribution in [-0.2, 0) is 11.3 Å². The Kier molecular flexibility index (Phi) is 4.02. The maximum Gasteiger partial charge on any atom is 0.253 e. The van der Waals surface area contributed by atoms with Gasteiger partial charge in [-0.2, -0.15) is 5.10 Å². The van der Waals surface area contributed by atoms with Gasteiger partial charge >= 0.3 is 0 Å². The Bertz CT molecular complexity index is 713. The van der Waals surface area contributed by atoms with Crippen molar-refractivity contribution in [3.63, 3.8) is 0 Å². The highest BCUT2D eigenvalue weighted by Crippen LogP contribution is 2.47. The van der Waals surface area contributed by atoms with Crippen LogP contribution in [0.1, 0.15) is 40.8 Å². The van der Waals surface area contributed by atoms with E-state index in [2.05, 4.69) is 20.2 Å². The number of carbonyl (C=O) groups excluding carboxylic acids is 1. The molecule has 1 aliphatic heterocycles. The number of H-pyrrole nitrogens is 1. The highest BCUT2D eigenvalue weighted by Gasteiger charge is 2.45. The number of nitrogens with one attached hydrogen (secondary N) is 1. The van der Waals surface area contributed by atoms with E-state index < -0.39 is 0 Å². The molecule has 0 unspecified atom stereocenters. The van der Waals surface area contributed by atoms with Crippen molar-refractivity contribution in [3.8, 4) is 0 Å². The fourth-order valence-corrected chi connectivity index (χ4v) is 3.62. The van der Waals surface area contributed by atoms with Gasteiger partial charge in [0, 0.05) is 44.1 Å². The summed E-state index contributed by atoms with van der Waals surface area (Å²) in [5, 5.41) is 7.32. The predicted molar refractivity (Wildman–Crippen MR) is 86.2 cm³/mol. The first kappa shape index (κ1) is 15.3. The lowest BCUT2D eigenvalue weighted by Crippen LogP contribution is -2.29. The molecule has 2 aliphatic rings. The average Bonchev–Trinajstić information content (AvgIpc) is 3.19. The van der Waals surface area contributed by atoms with Gasteiger partial charge < -0.3 is 9.64 Å². The molecule has 3 heterocycles. The second kappa shape index (κ2) is 6.32. The molecule has 2 fully saturated rings. The molecule has 1 N–H and O–H groups in total. The number of nitrogens with zero attached hydrogens (tertiary/aromatic N) is 4. The van der Waals surface area contributed by atoms with E-state index in [1.165, 1.54) is 12.8 Å². The Morgan fingerprint density at radius 2 is 2.12 bits per heavy atom. The number of pyridine rings is 1. The summed E-state index contributed by atoms with van der Waals surface area (Å²) in [6.07, 6.45) is 5.80. The molecule has 7 heteroatoms. The van der Waals surface area contributed by atoms with Crippen LogP contribution in [0.3, 0.4) is 0 Å². The molecule has 4 rings (SSSR count). The van der Waals surface area contributed by atoms with Crippen LogP contribution in [0.15, 0.2) is 24.5 Å². The van der Waals surface area contributed by atoms with Gasteiger partial charge in [-0.1, -0.05) is 0 Å². The molecule has 0 spiro atoms. The highest BCUT2D eigenvalue weighted by molar-refractivity contribution is 5.94. The number of rotatable bonds is 5. The zero-order valence-corrected chi connectivity index (χ0v) is 13.7. The fourth-order valence-electron chi connectivity index (χ4n) is 3.62. The molecule has 7 nitrogen and oxygen atoms in total. The molecule has 1 saturated heterocycles. The molecule has 2 atom stereocenters. The Hall–Kier alpha value is -2.28. The summed E-state index contributed by atoms with van der Waals surface area (Å²) in [7, 11) is 1.64. The number of likely N-dealkylation sites (tertiary alicyclic amines) is 1. The van der Waals surface area contributed by atoms with Gasteiger partial charge in [-0.15, -0.1) is 0 Å². The quantitative estimate of drug-likeness (QED) is 0.902. The van der Waals surface area contributed by atoms with Gasteiger partial charge in [-0.05, 0) is 36.8 Å². The van der Waals surface area contributed by atoms with Crippen molar-refractivity contribution < 1.29 is 9.53 Å². The number of hydrogen-bond donors (Lipinski definition) is 1. The van der Waals surface area contributed by atoms with Gasteiger partial charge in [-0.25, -0.2) is 4.98 Å². The number of hydrogen-bond acceptors (Lipinski definition) is 5. The molecule has 24 heavy (non-hydrogen) atoms. The Balaban J connectivity index is 1.54. The number of aromatic nitrogens is 4. The minimum Gasteiger partial charge on any atom is -0.377 e. The van der Waals surface area contributed by atoms with Crippen molar-refractivity contribution in [2.24, 2.45) is 11.8 Å². The number of amides is 1. The SMILES string of the molecule is COCc1nc([C@H]2CN(C(=O)c3ccncc3)C[C@@H]2C2CC2)n[nH]1. The number of methoxy groups -OCH3 is 1. The van der Waals surface area contributed by atoms with Crippen LogP contribution in [-0.4, -0.2) is 51.2 Å². The molecule has 2 aromatic rings. The first-order valence-electron chi connectivity index (χ1n) is 8.35. The number of ether oxygens (including phenoxy) is 1. The van der Waals surface area contributed by atoms with Crippen molar-refractivity contribution in [1.82, 2.24) is 25.1 Å². The molecule has 0 radical (unpaired) electrons. The zero-order chi connectivity index (χ0) is 16.5. The third-order valence-electron chi connectivity index (χ3n) is 4.97. The van der Waals surface area contributed by atoms with Crippen LogP contribution < -0.4 is 0 Å². The van der Waals surface area contributed by atoms with Gasteiger partial charge in [-0.3, -0.25) is 14.9 Å². The lowest BCUT2D eigenvalue weighted by Gasteiger charge is -2.16. The summed E-state index contributed by atoms with van der Waals surface area (Å²) >= 11 is 0. The highest BCUT2D eigenvalue weighted by atomic mass is 16.5. The standard InChI is InChI=1S/C17H21N5O2/c1-24-10-15-19-16(21-20-15)14-9-22(8-13(14)11-2-3-11)17(23)12-4-6-18-7-5-12/h4-7,11,13-14H,2-3,8-10H2,1H3,(H,19,20,21)/t13-,14+/m1/s1. The predicted octanol–water partition coefficient (Wildman–Crippen LogP) is 1.61. The Labute approximate surface area is 140 Å². The third kappa shape index (κ3) is 2.91. The van der Waals surface area contributed by atoms with E-state index in [1.807, 2.05) is 4.90 Å². The normalized spacial score (nSPS) is 23.6. The molecule has 1 saturated carbocycles. The number of aromatic amines is 1. The van der Waals surface area contributed by atoms with Crippen molar-refractivity contribution >= 4 is 5.91 Å². The van der Waals surface area contributed by atoms with E-state index in [4.69, 9.17) is 4.74 Å². The molecule has 126 valence electrons. The van der Waals surface area contributed by atoms with Crippen LogP contribution in [0.2, 0.25) is 0 Å². The van der Waals surface area contributed by atoms with E-state index in [1.54, 1.807) is 31.6 Å². The van der Waals surface area contributed by atoms with E-state index in [9.17, 15) is 4.79 Å². The van der Waals surface area contributed by atoms with Crippen molar-refractivity contribution in [1.29, 1.82) is 0 Å². The maximum atomic E-state index is 12.7. The first-order valence-corrected chi connectivity index (χ1v) is 8.35. The summed E-state index contributed by atoms with van der Waals surface area (Å²) < 4.78 is 5.10. The average molecular weight is 327 g/mol. The van der Waals surface area contributed by atoms with Crippen molar-refractivity contribution in [3.05, 3.63) is 41.7 Å². The molecule has 0 bridgehead atoms. The third-order valence-corrected chi connectivity index (χ3v) is 4.97. The molecule has 2 aromatic heterocycles. The van der Waals surface area contributed by atoms with E-state index >= 15 is 0 Å². The summed E-state index contributed by atoms with van der Waals surface area (Å²) in [4.78, 5) is 23.2. The maximum absolute atomic E-state index is 12.7. The van der Waals surface area contributed by atoms with Gasteiger partial charge in [0.25, 0.3) is 5.91 Å². The van der Waals surface area contributed by atoms with Crippen LogP contribution in [0.5, 0.6) is 0 Å². The van der Waals surface area contributed by atoms with E-state index in [0.29, 0.717) is 30.6 Å². The first-order chi connectivity index (χ1) is 11.8. The Morgan fingerprint density at radius 3 is 2.83 bits per heavy atom. The summed E-state index contributed by atoms with van der Waals surface area (Å²) in [5.41, 5.74) is 0.690. The van der Waals surface area contributed by atoms with Crippen LogP contribution in [0, 0.1) is 11.8 Å². The van der Waals surface area contributed by atoms with Crippen LogP contribution in [0.25, 0.3) is 0 Å². The molecule has 1 aliphatic carbocycles. The summed E-state index contributed by atoms with van der Waals surface area (Å²) in [6, 6.07) is 3.54. The lowest BCUT2D eigenvalue weighted by molar-refractivity contribution is 0.0784. The summed E-state index contributed by atoms with van der Waals surface area (Å²) in [6.45, 7) is 1.88. The van der Waals surface area contributed by atoms with E-state index in [-0.39, 0.29) is 11.8 Å². The molecular formula is C17H21N5O2. The van der Waals surface area contributed by atoms with Gasteiger partial charge in [0.05, 0.1) is 0 Å². The minimum atomic E-state index is 0.0678. The largest absolute Gasteiger partial charge is 0.377 e. The number of carbonyl (C=O) groups is 1. The van der Waals surface area contributed by atoms with Crippen LogP contribution >= 0.6 is 0 Å².